The number of amides is 1. The minimum absolute atomic E-state index is 0.0251. The van der Waals surface area contributed by atoms with Gasteiger partial charge in [-0.05, 0) is 48.9 Å². The molecule has 21 heavy (non-hydrogen) atoms. The third-order valence-corrected chi connectivity index (χ3v) is 3.33. The van der Waals surface area contributed by atoms with Crippen LogP contribution < -0.4 is 15.8 Å². The van der Waals surface area contributed by atoms with Crippen molar-refractivity contribution in [1.82, 2.24) is 0 Å². The number of halogens is 1. The van der Waals surface area contributed by atoms with E-state index in [0.717, 1.165) is 22.1 Å². The quantitative estimate of drug-likeness (QED) is 0.843. The Morgan fingerprint density at radius 2 is 1.95 bits per heavy atom. The van der Waals surface area contributed by atoms with Crippen LogP contribution in [0.25, 0.3) is 0 Å². The number of carbonyl (C=O) groups excluding carboxylic acids is 1. The molecule has 0 aliphatic heterocycles. The molecule has 0 atom stereocenters. The van der Waals surface area contributed by atoms with E-state index in [0.29, 0.717) is 12.3 Å². The molecule has 0 bridgehead atoms. The monoisotopic (exact) mass is 348 g/mol. The Labute approximate surface area is 132 Å². The van der Waals surface area contributed by atoms with Crippen molar-refractivity contribution in [2.24, 2.45) is 5.73 Å². The molecule has 0 aliphatic rings. The Balaban J connectivity index is 1.83. The second-order valence-corrected chi connectivity index (χ2v) is 5.45. The van der Waals surface area contributed by atoms with E-state index < -0.39 is 0 Å². The minimum atomic E-state index is -0.195. The number of rotatable bonds is 6. The molecular weight excluding hydrogens is 332 g/mol. The van der Waals surface area contributed by atoms with Gasteiger partial charge >= 0.3 is 0 Å². The molecule has 0 fully saturated rings. The van der Waals surface area contributed by atoms with Gasteiger partial charge in [-0.1, -0.05) is 34.1 Å². The molecule has 2 aromatic carbocycles. The van der Waals surface area contributed by atoms with Gasteiger partial charge in [0.1, 0.15) is 5.75 Å². The molecule has 1 amide bonds. The van der Waals surface area contributed by atoms with Crippen LogP contribution in [0, 0.1) is 0 Å². The Morgan fingerprint density at radius 1 is 1.19 bits per heavy atom. The molecule has 0 saturated carbocycles. The maximum atomic E-state index is 11.8. The van der Waals surface area contributed by atoms with Gasteiger partial charge in [-0.25, -0.2) is 0 Å². The van der Waals surface area contributed by atoms with Gasteiger partial charge in [0.25, 0.3) is 5.91 Å². The zero-order valence-electron chi connectivity index (χ0n) is 11.5. The highest BCUT2D eigenvalue weighted by atomic mass is 79.9. The molecule has 2 rings (SSSR count). The van der Waals surface area contributed by atoms with Crippen LogP contribution in [-0.2, 0) is 11.2 Å². The summed E-state index contributed by atoms with van der Waals surface area (Å²) in [6, 6.07) is 15.0. The predicted molar refractivity (Wildman–Crippen MR) is 87.5 cm³/mol. The topological polar surface area (TPSA) is 64.3 Å². The standard InChI is InChI=1S/C16H17BrN2O2/c17-13-2-1-3-14(10-13)19-16(20)11-21-15-6-4-12(5-7-15)8-9-18/h1-7,10H,8-9,11,18H2,(H,19,20). The van der Waals surface area contributed by atoms with Gasteiger partial charge in [-0.15, -0.1) is 0 Å². The number of hydrogen-bond donors (Lipinski definition) is 2. The van der Waals surface area contributed by atoms with Gasteiger partial charge in [0, 0.05) is 10.2 Å². The third-order valence-electron chi connectivity index (χ3n) is 2.83. The summed E-state index contributed by atoms with van der Waals surface area (Å²) in [4.78, 5) is 11.8. The SMILES string of the molecule is NCCc1ccc(OCC(=O)Nc2cccc(Br)c2)cc1. The van der Waals surface area contributed by atoms with Crippen LogP contribution in [0.3, 0.4) is 0 Å². The van der Waals surface area contributed by atoms with Crippen molar-refractivity contribution < 1.29 is 9.53 Å². The van der Waals surface area contributed by atoms with Crippen molar-refractivity contribution in [3.05, 3.63) is 58.6 Å². The Hall–Kier alpha value is -1.85. The lowest BCUT2D eigenvalue weighted by Gasteiger charge is -2.08. The minimum Gasteiger partial charge on any atom is -0.484 e. The first-order valence-corrected chi connectivity index (χ1v) is 7.44. The molecule has 0 radical (unpaired) electrons. The van der Waals surface area contributed by atoms with Crippen LogP contribution in [0.1, 0.15) is 5.56 Å². The highest BCUT2D eigenvalue weighted by molar-refractivity contribution is 9.10. The maximum Gasteiger partial charge on any atom is 0.262 e. The normalized spacial score (nSPS) is 10.2. The summed E-state index contributed by atoms with van der Waals surface area (Å²) in [6.07, 6.45) is 0.837. The Morgan fingerprint density at radius 3 is 2.62 bits per heavy atom. The number of hydrogen-bond acceptors (Lipinski definition) is 3. The average molecular weight is 349 g/mol. The van der Waals surface area contributed by atoms with Crippen LogP contribution in [0.4, 0.5) is 5.69 Å². The lowest BCUT2D eigenvalue weighted by atomic mass is 10.1. The Bertz CT molecular complexity index is 599. The van der Waals surface area contributed by atoms with E-state index in [1.807, 2.05) is 48.5 Å². The fourth-order valence-electron chi connectivity index (χ4n) is 1.83. The van der Waals surface area contributed by atoms with Gasteiger partial charge in [0.05, 0.1) is 0 Å². The summed E-state index contributed by atoms with van der Waals surface area (Å²) < 4.78 is 6.36. The predicted octanol–water partition coefficient (Wildman–Crippen LogP) is 2.97. The van der Waals surface area contributed by atoms with Gasteiger partial charge < -0.3 is 15.8 Å². The van der Waals surface area contributed by atoms with Crippen LogP contribution >= 0.6 is 15.9 Å². The largest absolute Gasteiger partial charge is 0.484 e. The van der Waals surface area contributed by atoms with E-state index in [-0.39, 0.29) is 12.5 Å². The number of nitrogens with one attached hydrogen (secondary N) is 1. The van der Waals surface area contributed by atoms with Crippen molar-refractivity contribution in [2.75, 3.05) is 18.5 Å². The highest BCUT2D eigenvalue weighted by Crippen LogP contribution is 2.16. The van der Waals surface area contributed by atoms with E-state index >= 15 is 0 Å². The molecule has 0 heterocycles. The van der Waals surface area contributed by atoms with Crippen LogP contribution in [0.5, 0.6) is 5.75 Å². The van der Waals surface area contributed by atoms with Gasteiger partial charge in [0.15, 0.2) is 6.61 Å². The fourth-order valence-corrected chi connectivity index (χ4v) is 2.23. The first-order chi connectivity index (χ1) is 10.2. The summed E-state index contributed by atoms with van der Waals surface area (Å²) in [7, 11) is 0. The van der Waals surface area contributed by atoms with Crippen molar-refractivity contribution in [3.63, 3.8) is 0 Å². The number of benzene rings is 2. The van der Waals surface area contributed by atoms with E-state index in [1.165, 1.54) is 0 Å². The van der Waals surface area contributed by atoms with Crippen molar-refractivity contribution in [2.45, 2.75) is 6.42 Å². The molecule has 0 unspecified atom stereocenters. The van der Waals surface area contributed by atoms with Gasteiger partial charge in [-0.2, -0.15) is 0 Å². The van der Waals surface area contributed by atoms with Crippen LogP contribution in [-0.4, -0.2) is 19.1 Å². The lowest BCUT2D eigenvalue weighted by molar-refractivity contribution is -0.118. The average Bonchev–Trinajstić information content (AvgIpc) is 2.47. The number of carbonyl (C=O) groups is 1. The zero-order valence-corrected chi connectivity index (χ0v) is 13.1. The summed E-state index contributed by atoms with van der Waals surface area (Å²) in [6.45, 7) is 0.595. The molecule has 4 nitrogen and oxygen atoms in total. The third kappa shape index (κ3) is 5.21. The smallest absolute Gasteiger partial charge is 0.262 e. The second kappa shape index (κ2) is 7.81. The van der Waals surface area contributed by atoms with Crippen molar-refractivity contribution in [3.8, 4) is 5.75 Å². The van der Waals surface area contributed by atoms with E-state index in [4.69, 9.17) is 10.5 Å². The number of nitrogens with two attached hydrogens (primary N) is 1. The molecular formula is C16H17BrN2O2. The van der Waals surface area contributed by atoms with Gasteiger partial charge in [-0.3, -0.25) is 4.79 Å². The zero-order chi connectivity index (χ0) is 15.1. The molecule has 110 valence electrons. The van der Waals surface area contributed by atoms with E-state index in [1.54, 1.807) is 0 Å². The molecule has 0 spiro atoms. The lowest BCUT2D eigenvalue weighted by Crippen LogP contribution is -2.20. The van der Waals surface area contributed by atoms with E-state index in [9.17, 15) is 4.79 Å². The maximum absolute atomic E-state index is 11.8. The van der Waals surface area contributed by atoms with Crippen LogP contribution in [0.2, 0.25) is 0 Å². The molecule has 0 aromatic heterocycles. The van der Waals surface area contributed by atoms with Gasteiger partial charge in [0.2, 0.25) is 0 Å². The molecule has 3 N–H and O–H groups in total. The summed E-state index contributed by atoms with van der Waals surface area (Å²) >= 11 is 3.36. The molecule has 5 heteroatoms. The highest BCUT2D eigenvalue weighted by Gasteiger charge is 2.04. The molecule has 0 aliphatic carbocycles. The number of anilines is 1. The van der Waals surface area contributed by atoms with E-state index in [2.05, 4.69) is 21.2 Å². The molecule has 0 saturated heterocycles. The second-order valence-electron chi connectivity index (χ2n) is 4.53. The van der Waals surface area contributed by atoms with Crippen LogP contribution in [0.15, 0.2) is 53.0 Å². The first-order valence-electron chi connectivity index (χ1n) is 6.64. The molecule has 2 aromatic rings. The first kappa shape index (κ1) is 15.5. The number of ether oxygens (including phenoxy) is 1. The fraction of sp³-hybridized carbons (Fsp3) is 0.188. The summed E-state index contributed by atoms with van der Waals surface area (Å²) in [5.74, 6) is 0.472. The summed E-state index contributed by atoms with van der Waals surface area (Å²) in [5, 5.41) is 2.77. The summed E-state index contributed by atoms with van der Waals surface area (Å²) in [5.41, 5.74) is 7.38. The van der Waals surface area contributed by atoms with Crippen molar-refractivity contribution >= 4 is 27.5 Å². The Kier molecular flexibility index (Phi) is 5.78. The van der Waals surface area contributed by atoms with Crippen molar-refractivity contribution in [1.29, 1.82) is 0 Å².